The minimum absolute atomic E-state index is 0.0174. The maximum Gasteiger partial charge on any atom is 0.352 e. The molecule has 0 aliphatic carbocycles. The van der Waals surface area contributed by atoms with E-state index in [1.807, 2.05) is 29.1 Å². The number of rotatable bonds is 13. The van der Waals surface area contributed by atoms with Gasteiger partial charge >= 0.3 is 5.97 Å². The summed E-state index contributed by atoms with van der Waals surface area (Å²) in [6.45, 7) is 0.517. The van der Waals surface area contributed by atoms with E-state index in [-0.39, 0.29) is 23.8 Å². The van der Waals surface area contributed by atoms with Crippen LogP contribution < -0.4 is 15.0 Å². The number of benzene rings is 1. The van der Waals surface area contributed by atoms with Gasteiger partial charge in [0.15, 0.2) is 12.4 Å². The summed E-state index contributed by atoms with van der Waals surface area (Å²) in [4.78, 5) is 51.0. The first-order chi connectivity index (χ1) is 19.5. The summed E-state index contributed by atoms with van der Waals surface area (Å²) >= 11 is 16.2. The first kappa shape index (κ1) is 31.5. The second-order valence-electron chi connectivity index (χ2n) is 9.11. The number of aryl methyl sites for hydroxylation is 1. The van der Waals surface area contributed by atoms with E-state index in [9.17, 15) is 34.5 Å². The van der Waals surface area contributed by atoms with Crippen molar-refractivity contribution in [1.82, 2.24) is 10.2 Å². The van der Waals surface area contributed by atoms with Gasteiger partial charge in [0.1, 0.15) is 23.7 Å². The Balaban J connectivity index is 1.31. The van der Waals surface area contributed by atoms with Crippen LogP contribution in [0, 0.1) is 0 Å². The molecule has 0 radical (unpaired) electrons. The molecule has 15 heteroatoms. The molecule has 3 atom stereocenters. The van der Waals surface area contributed by atoms with Crippen molar-refractivity contribution >= 4 is 82.2 Å². The zero-order valence-corrected chi connectivity index (χ0v) is 25.3. The van der Waals surface area contributed by atoms with Crippen molar-refractivity contribution in [2.75, 3.05) is 17.3 Å². The first-order valence-corrected chi connectivity index (χ1v) is 16.1. The van der Waals surface area contributed by atoms with Crippen LogP contribution in [-0.4, -0.2) is 73.6 Å². The minimum atomic E-state index is -1.49. The predicted octanol–water partition coefficient (Wildman–Crippen LogP) is 1.79. The zero-order valence-electron chi connectivity index (χ0n) is 21.3. The number of carboxylic acid groups (broad SMARTS) is 2. The van der Waals surface area contributed by atoms with Crippen molar-refractivity contribution in [3.8, 4) is 0 Å². The zero-order chi connectivity index (χ0) is 29.7. The highest BCUT2D eigenvalue weighted by Gasteiger charge is 2.54. The van der Waals surface area contributed by atoms with Crippen LogP contribution in [-0.2, 0) is 25.7 Å². The van der Waals surface area contributed by atoms with Gasteiger partial charge in [-0.15, -0.1) is 35.3 Å². The number of aliphatic hydroxyl groups excluding tert-OH is 1. The van der Waals surface area contributed by atoms with Gasteiger partial charge in [0.2, 0.25) is 5.91 Å². The Morgan fingerprint density at radius 1 is 1.20 bits per heavy atom. The largest absolute Gasteiger partial charge is 0.547 e. The highest BCUT2D eigenvalue weighted by atomic mass is 35.5. The third-order valence-corrected chi connectivity index (χ3v) is 10.4. The van der Waals surface area contributed by atoms with Crippen LogP contribution in [0.4, 0.5) is 0 Å². The average Bonchev–Trinajstić information content (AvgIpc) is 2.95. The van der Waals surface area contributed by atoms with E-state index in [4.69, 9.17) is 23.2 Å². The normalized spacial score (nSPS) is 18.9. The van der Waals surface area contributed by atoms with E-state index in [1.54, 1.807) is 18.2 Å². The van der Waals surface area contributed by atoms with E-state index >= 15 is 0 Å². The lowest BCUT2D eigenvalue weighted by molar-refractivity contribution is -0.697. The molecule has 2 amide bonds. The SMILES string of the molecule is O=C(CSc1cc(Cl)ccc1Cl)N[C@@H]1C(=O)N2C(C(=O)O)=C(CSc3cc[n+](CCC[C@@H](O)C(=O)[O-])cc3)CS[C@H]12. The van der Waals surface area contributed by atoms with Gasteiger partial charge in [0.25, 0.3) is 5.91 Å². The summed E-state index contributed by atoms with van der Waals surface area (Å²) in [6.07, 6.45) is 2.69. The molecule has 4 rings (SSSR count). The third kappa shape index (κ3) is 7.90. The fourth-order valence-electron chi connectivity index (χ4n) is 4.19. The van der Waals surface area contributed by atoms with Crippen LogP contribution >= 0.6 is 58.5 Å². The quantitative estimate of drug-likeness (QED) is 0.165. The number of aromatic nitrogens is 1. The summed E-state index contributed by atoms with van der Waals surface area (Å²) in [7, 11) is 0. The first-order valence-electron chi connectivity index (χ1n) is 12.3. The lowest BCUT2D eigenvalue weighted by atomic mass is 10.0. The number of amides is 2. The molecule has 1 aromatic heterocycles. The number of aliphatic hydroxyl groups is 1. The van der Waals surface area contributed by atoms with E-state index in [0.29, 0.717) is 45.0 Å². The number of halogens is 2. The molecule has 1 aromatic carbocycles. The third-order valence-electron chi connectivity index (χ3n) is 6.26. The molecule has 0 saturated carbocycles. The molecule has 1 fully saturated rings. The highest BCUT2D eigenvalue weighted by molar-refractivity contribution is 8.01. The van der Waals surface area contributed by atoms with Crippen molar-refractivity contribution < 1.29 is 39.1 Å². The number of pyridine rings is 1. The van der Waals surface area contributed by atoms with E-state index in [2.05, 4.69) is 5.32 Å². The summed E-state index contributed by atoms with van der Waals surface area (Å²) < 4.78 is 1.85. The van der Waals surface area contributed by atoms with E-state index < -0.39 is 35.4 Å². The Morgan fingerprint density at radius 2 is 1.93 bits per heavy atom. The molecule has 0 spiro atoms. The molecule has 41 heavy (non-hydrogen) atoms. The smallest absolute Gasteiger partial charge is 0.352 e. The molecule has 10 nitrogen and oxygen atoms in total. The number of aliphatic carboxylic acids is 2. The van der Waals surface area contributed by atoms with Gasteiger partial charge in [0.05, 0.1) is 22.8 Å². The van der Waals surface area contributed by atoms with Gasteiger partial charge in [-0.2, -0.15) is 0 Å². The summed E-state index contributed by atoms with van der Waals surface area (Å²) in [5.74, 6) is -2.74. The molecule has 2 aliphatic heterocycles. The van der Waals surface area contributed by atoms with Gasteiger partial charge in [0, 0.05) is 44.9 Å². The second kappa shape index (κ2) is 14.2. The van der Waals surface area contributed by atoms with Crippen LogP contribution in [0.2, 0.25) is 10.0 Å². The molecule has 2 aliphatic rings. The average molecular weight is 659 g/mol. The summed E-state index contributed by atoms with van der Waals surface area (Å²) in [5.41, 5.74) is 0.565. The van der Waals surface area contributed by atoms with Crippen molar-refractivity contribution in [2.45, 2.75) is 46.7 Å². The molecule has 218 valence electrons. The van der Waals surface area contributed by atoms with Gasteiger partial charge in [-0.1, -0.05) is 23.2 Å². The number of thioether (sulfide) groups is 3. The predicted molar refractivity (Wildman–Crippen MR) is 154 cm³/mol. The maximum absolute atomic E-state index is 12.9. The number of carbonyl (C=O) groups excluding carboxylic acids is 3. The van der Waals surface area contributed by atoms with Gasteiger partial charge in [-0.25, -0.2) is 9.36 Å². The standard InChI is InChI=1S/C26H25Cl2N3O7S3/c27-15-3-4-17(28)19(10-15)40-13-20(33)29-21-23(34)31-22(26(37)38)14(12-41-24(21)31)11-39-16-5-8-30(9-6-16)7-1-2-18(32)25(35)36/h3-6,8-10,18,21,24,32H,1-2,7,11-13H2,(H2-,29,33,35,36,37,38)/t18-,21-,24-/m1/s1. The second-order valence-corrected chi connectivity index (χ2v) is 13.1. The Morgan fingerprint density at radius 3 is 2.61 bits per heavy atom. The molecular weight excluding hydrogens is 633 g/mol. The number of fused-ring (bicyclic) bond motifs is 1. The summed E-state index contributed by atoms with van der Waals surface area (Å²) in [6, 6.07) is 7.83. The van der Waals surface area contributed by atoms with E-state index in [0.717, 1.165) is 4.90 Å². The Bertz CT molecular complexity index is 1380. The maximum atomic E-state index is 12.9. The van der Waals surface area contributed by atoms with Crippen molar-refractivity contribution in [2.24, 2.45) is 0 Å². The molecule has 3 N–H and O–H groups in total. The minimum Gasteiger partial charge on any atom is -0.547 e. The topological polar surface area (TPSA) is 151 Å². The summed E-state index contributed by atoms with van der Waals surface area (Å²) in [5, 5.41) is 33.0. The van der Waals surface area contributed by atoms with Crippen LogP contribution in [0.1, 0.15) is 12.8 Å². The number of carboxylic acids is 2. The van der Waals surface area contributed by atoms with Crippen molar-refractivity contribution in [1.29, 1.82) is 0 Å². The molecule has 2 aromatic rings. The lowest BCUT2D eigenvalue weighted by Crippen LogP contribution is -2.70. The Kier molecular flexibility index (Phi) is 10.9. The number of hydrogen-bond acceptors (Lipinski definition) is 9. The van der Waals surface area contributed by atoms with Crippen LogP contribution in [0.5, 0.6) is 0 Å². The fourth-order valence-corrected chi connectivity index (χ4v) is 7.86. The Hall–Kier alpha value is -2.42. The van der Waals surface area contributed by atoms with Crippen LogP contribution in [0.15, 0.2) is 63.8 Å². The van der Waals surface area contributed by atoms with E-state index in [1.165, 1.54) is 40.2 Å². The number of hydrogen-bond donors (Lipinski definition) is 3. The fraction of sp³-hybridized carbons (Fsp3) is 0.346. The molecule has 1 saturated heterocycles. The monoisotopic (exact) mass is 657 g/mol. The number of nitrogens with zero attached hydrogens (tertiary/aromatic N) is 2. The molecule has 0 unspecified atom stereocenters. The van der Waals surface area contributed by atoms with Crippen molar-refractivity contribution in [3.63, 3.8) is 0 Å². The van der Waals surface area contributed by atoms with Gasteiger partial charge in [-0.3, -0.25) is 14.5 Å². The highest BCUT2D eigenvalue weighted by Crippen LogP contribution is 2.41. The molecule has 3 heterocycles. The van der Waals surface area contributed by atoms with Gasteiger partial charge < -0.3 is 25.4 Å². The Labute approximate surface area is 258 Å². The number of nitrogens with one attached hydrogen (secondary N) is 1. The van der Waals surface area contributed by atoms with Crippen molar-refractivity contribution in [3.05, 3.63) is 64.0 Å². The molecule has 0 bridgehead atoms. The van der Waals surface area contributed by atoms with Crippen LogP contribution in [0.25, 0.3) is 0 Å². The number of β-lactam (4-membered cyclic amide) rings is 1. The van der Waals surface area contributed by atoms with Crippen LogP contribution in [0.3, 0.4) is 0 Å². The number of carbonyl (C=O) groups is 4. The molecular formula is C26H25Cl2N3O7S3. The lowest BCUT2D eigenvalue weighted by Gasteiger charge is -2.49. The van der Waals surface area contributed by atoms with Gasteiger partial charge in [-0.05, 0) is 30.2 Å².